The highest BCUT2D eigenvalue weighted by Crippen LogP contribution is 2.33. The highest BCUT2D eigenvalue weighted by Gasteiger charge is 2.14. The van der Waals surface area contributed by atoms with E-state index in [1.54, 1.807) is 7.11 Å². The minimum atomic E-state index is 0.426. The number of hydrogen-bond donors (Lipinski definition) is 0. The Morgan fingerprint density at radius 2 is 1.40 bits per heavy atom. The van der Waals surface area contributed by atoms with Crippen molar-refractivity contribution < 1.29 is 18.6 Å². The number of hydrogen-bond acceptors (Lipinski definition) is 6. The smallest absolute Gasteiger partial charge is 0.248 e. The van der Waals surface area contributed by atoms with E-state index in [2.05, 4.69) is 10.2 Å². The van der Waals surface area contributed by atoms with E-state index >= 15 is 0 Å². The van der Waals surface area contributed by atoms with Crippen LogP contribution in [0.25, 0.3) is 22.9 Å². The highest BCUT2D eigenvalue weighted by atomic mass is 16.5. The van der Waals surface area contributed by atoms with Gasteiger partial charge in [0.15, 0.2) is 11.5 Å². The van der Waals surface area contributed by atoms with Gasteiger partial charge in [-0.15, -0.1) is 10.2 Å². The van der Waals surface area contributed by atoms with Crippen molar-refractivity contribution in [3.63, 3.8) is 0 Å². The van der Waals surface area contributed by atoms with Crippen LogP contribution in [0.15, 0.2) is 46.9 Å². The van der Waals surface area contributed by atoms with Crippen molar-refractivity contribution in [1.82, 2.24) is 10.2 Å². The molecule has 6 nitrogen and oxygen atoms in total. The molecule has 25 heavy (non-hydrogen) atoms. The van der Waals surface area contributed by atoms with Crippen LogP contribution < -0.4 is 14.2 Å². The monoisotopic (exact) mass is 340 g/mol. The first-order valence-electron chi connectivity index (χ1n) is 8.13. The van der Waals surface area contributed by atoms with Gasteiger partial charge in [-0.05, 0) is 56.3 Å². The molecule has 0 spiro atoms. The molecule has 0 fully saturated rings. The molecule has 0 bridgehead atoms. The molecule has 6 heteroatoms. The molecule has 3 aromatic rings. The summed E-state index contributed by atoms with van der Waals surface area (Å²) in [6, 6.07) is 13.0. The maximum atomic E-state index is 5.80. The Morgan fingerprint density at radius 3 is 2.04 bits per heavy atom. The fraction of sp³-hybridized carbons (Fsp3) is 0.263. The largest absolute Gasteiger partial charge is 0.497 e. The summed E-state index contributed by atoms with van der Waals surface area (Å²) in [5.41, 5.74) is 1.61. The van der Waals surface area contributed by atoms with E-state index in [0.717, 1.165) is 16.9 Å². The number of rotatable bonds is 7. The summed E-state index contributed by atoms with van der Waals surface area (Å²) >= 11 is 0. The Labute approximate surface area is 146 Å². The Kier molecular flexibility index (Phi) is 5.18. The lowest BCUT2D eigenvalue weighted by Gasteiger charge is -2.11. The predicted molar refractivity (Wildman–Crippen MR) is 94.1 cm³/mol. The lowest BCUT2D eigenvalue weighted by Crippen LogP contribution is -1.98. The van der Waals surface area contributed by atoms with Crippen molar-refractivity contribution in [2.45, 2.75) is 13.8 Å². The summed E-state index contributed by atoms with van der Waals surface area (Å²) in [4.78, 5) is 0. The molecular weight excluding hydrogens is 320 g/mol. The average molecular weight is 340 g/mol. The third-order valence-electron chi connectivity index (χ3n) is 3.55. The van der Waals surface area contributed by atoms with Crippen LogP contribution in [-0.4, -0.2) is 30.5 Å². The molecule has 1 aromatic heterocycles. The molecule has 3 rings (SSSR count). The van der Waals surface area contributed by atoms with Gasteiger partial charge < -0.3 is 18.6 Å². The van der Waals surface area contributed by atoms with E-state index < -0.39 is 0 Å². The van der Waals surface area contributed by atoms with Crippen LogP contribution >= 0.6 is 0 Å². The zero-order valence-corrected chi connectivity index (χ0v) is 14.5. The first-order valence-corrected chi connectivity index (χ1v) is 8.13. The van der Waals surface area contributed by atoms with Crippen molar-refractivity contribution in [3.05, 3.63) is 42.5 Å². The first kappa shape index (κ1) is 16.8. The predicted octanol–water partition coefficient (Wildman–Crippen LogP) is 4.21. The number of methoxy groups -OCH3 is 1. The Morgan fingerprint density at radius 1 is 0.800 bits per heavy atom. The van der Waals surface area contributed by atoms with Gasteiger partial charge in [-0.3, -0.25) is 0 Å². The van der Waals surface area contributed by atoms with Crippen molar-refractivity contribution in [2.75, 3.05) is 20.3 Å². The minimum absolute atomic E-state index is 0.426. The highest BCUT2D eigenvalue weighted by molar-refractivity contribution is 5.62. The van der Waals surface area contributed by atoms with Crippen molar-refractivity contribution in [1.29, 1.82) is 0 Å². The van der Waals surface area contributed by atoms with Gasteiger partial charge in [0.2, 0.25) is 11.8 Å². The summed E-state index contributed by atoms with van der Waals surface area (Å²) in [5, 5.41) is 8.26. The zero-order valence-electron chi connectivity index (χ0n) is 14.5. The van der Waals surface area contributed by atoms with E-state index in [4.69, 9.17) is 18.6 Å². The molecule has 0 saturated heterocycles. The molecular formula is C19H20N2O4. The maximum Gasteiger partial charge on any atom is 0.248 e. The number of ether oxygens (including phenoxy) is 3. The number of aromatic nitrogens is 2. The molecule has 1 heterocycles. The third-order valence-corrected chi connectivity index (χ3v) is 3.55. The lowest BCUT2D eigenvalue weighted by atomic mass is 10.2. The Hall–Kier alpha value is -3.02. The van der Waals surface area contributed by atoms with Crippen molar-refractivity contribution in [2.24, 2.45) is 0 Å². The van der Waals surface area contributed by atoms with Crippen molar-refractivity contribution >= 4 is 0 Å². The Bertz CT molecular complexity index is 828. The second-order valence-corrected chi connectivity index (χ2v) is 5.17. The molecule has 0 radical (unpaired) electrons. The van der Waals surface area contributed by atoms with Crippen LogP contribution in [0.3, 0.4) is 0 Å². The normalized spacial score (nSPS) is 10.5. The second-order valence-electron chi connectivity index (χ2n) is 5.17. The van der Waals surface area contributed by atoms with E-state index in [9.17, 15) is 0 Å². The average Bonchev–Trinajstić information content (AvgIpc) is 3.14. The summed E-state index contributed by atoms with van der Waals surface area (Å²) in [5.74, 6) is 3.00. The van der Waals surface area contributed by atoms with Crippen LogP contribution in [0.1, 0.15) is 13.8 Å². The van der Waals surface area contributed by atoms with Gasteiger partial charge in [0.1, 0.15) is 5.75 Å². The summed E-state index contributed by atoms with van der Waals surface area (Å²) in [6.07, 6.45) is 0. The summed E-state index contributed by atoms with van der Waals surface area (Å²) in [7, 11) is 1.63. The first-order chi connectivity index (χ1) is 12.2. The molecule has 0 atom stereocenters. The van der Waals surface area contributed by atoms with E-state index in [1.165, 1.54) is 0 Å². The lowest BCUT2D eigenvalue weighted by molar-refractivity contribution is 0.288. The van der Waals surface area contributed by atoms with Crippen molar-refractivity contribution in [3.8, 4) is 40.2 Å². The van der Waals surface area contributed by atoms with E-state index in [-0.39, 0.29) is 0 Å². The van der Waals surface area contributed by atoms with E-state index in [1.807, 2.05) is 56.3 Å². The molecule has 0 aliphatic carbocycles. The van der Waals surface area contributed by atoms with Gasteiger partial charge in [0, 0.05) is 11.1 Å². The number of nitrogens with zero attached hydrogens (tertiary/aromatic N) is 2. The molecule has 2 aromatic carbocycles. The van der Waals surface area contributed by atoms with Gasteiger partial charge in [-0.25, -0.2) is 0 Å². The topological polar surface area (TPSA) is 66.6 Å². The summed E-state index contributed by atoms with van der Waals surface area (Å²) in [6.45, 7) is 4.98. The molecule has 0 saturated carbocycles. The van der Waals surface area contributed by atoms with Crippen LogP contribution in [0, 0.1) is 0 Å². The standard InChI is InChI=1S/C19H20N2O4/c1-4-23-16-11-8-14(12-17(16)24-5-2)19-21-20-18(25-19)13-6-9-15(22-3)10-7-13/h6-12H,4-5H2,1-3H3. The van der Waals surface area contributed by atoms with Crippen LogP contribution in [-0.2, 0) is 0 Å². The fourth-order valence-corrected chi connectivity index (χ4v) is 2.37. The Balaban J connectivity index is 1.89. The fourth-order valence-electron chi connectivity index (χ4n) is 2.37. The van der Waals surface area contributed by atoms with Crippen LogP contribution in [0.2, 0.25) is 0 Å². The summed E-state index contributed by atoms with van der Waals surface area (Å²) < 4.78 is 22.2. The minimum Gasteiger partial charge on any atom is -0.497 e. The SMILES string of the molecule is CCOc1ccc(-c2nnc(-c3ccc(OC)cc3)o2)cc1OCC. The molecule has 0 unspecified atom stereocenters. The van der Waals surface area contributed by atoms with Gasteiger partial charge in [-0.2, -0.15) is 0 Å². The maximum absolute atomic E-state index is 5.80. The van der Waals surface area contributed by atoms with Crippen LogP contribution in [0.5, 0.6) is 17.2 Å². The van der Waals surface area contributed by atoms with E-state index in [0.29, 0.717) is 36.5 Å². The van der Waals surface area contributed by atoms with Gasteiger partial charge in [-0.1, -0.05) is 0 Å². The number of benzene rings is 2. The van der Waals surface area contributed by atoms with Gasteiger partial charge in [0.25, 0.3) is 0 Å². The zero-order chi connectivity index (χ0) is 17.6. The van der Waals surface area contributed by atoms with Crippen LogP contribution in [0.4, 0.5) is 0 Å². The van der Waals surface area contributed by atoms with Gasteiger partial charge in [0.05, 0.1) is 20.3 Å². The molecule has 0 aliphatic heterocycles. The molecule has 0 aliphatic rings. The second kappa shape index (κ2) is 7.70. The molecule has 130 valence electrons. The third kappa shape index (κ3) is 3.74. The quantitative estimate of drug-likeness (QED) is 0.642. The molecule has 0 amide bonds. The molecule has 0 N–H and O–H groups in total. The van der Waals surface area contributed by atoms with Gasteiger partial charge >= 0.3 is 0 Å².